The van der Waals surface area contributed by atoms with Gasteiger partial charge in [-0.15, -0.1) is 0 Å². The van der Waals surface area contributed by atoms with Crippen molar-refractivity contribution in [3.05, 3.63) is 24.5 Å². The van der Waals surface area contributed by atoms with Gasteiger partial charge in [0.2, 0.25) is 15.9 Å². The quantitative estimate of drug-likeness (QED) is 0.460. The van der Waals surface area contributed by atoms with Crippen molar-refractivity contribution in [3.8, 4) is 0 Å². The fraction of sp³-hybridized carbons (Fsp3) is 0.250. The standard InChI is InChI=1S/C15H16N6O3S.CH2O2/c1-16-25(23,24)10-5-2-4-9-12-14(19-13(9)10)17-8-18-15(12)20-21-7-3-6-11(21)22;2-1-3/h2,4-5,8,16H,3,6-7H2,1H3,(H2,17,18,19,20);1H,(H,2,3). The number of para-hydroxylation sites is 1. The maximum Gasteiger partial charge on any atom is 0.290 e. The number of anilines is 1. The number of carboxylic acid groups (broad SMARTS) is 1. The molecular formula is C16H18N6O5S. The number of carbonyl (C=O) groups excluding carboxylic acids is 1. The highest BCUT2D eigenvalue weighted by Gasteiger charge is 2.23. The number of H-pyrrole nitrogens is 1. The minimum absolute atomic E-state index is 0.00468. The minimum Gasteiger partial charge on any atom is -0.483 e. The van der Waals surface area contributed by atoms with E-state index in [0.717, 1.165) is 6.42 Å². The fourth-order valence-electron chi connectivity index (χ4n) is 3.04. The molecule has 0 atom stereocenters. The smallest absolute Gasteiger partial charge is 0.290 e. The number of hydrogen-bond acceptors (Lipinski definition) is 7. The normalized spacial score (nSPS) is 14.2. The molecule has 0 radical (unpaired) electrons. The zero-order chi connectivity index (χ0) is 20.3. The Morgan fingerprint density at radius 1 is 1.32 bits per heavy atom. The highest BCUT2D eigenvalue weighted by molar-refractivity contribution is 7.89. The molecular weight excluding hydrogens is 388 g/mol. The van der Waals surface area contributed by atoms with Crippen LogP contribution in [0.3, 0.4) is 0 Å². The molecule has 0 saturated carbocycles. The highest BCUT2D eigenvalue weighted by atomic mass is 32.2. The third-order valence-corrected chi connectivity index (χ3v) is 5.72. The van der Waals surface area contributed by atoms with Crippen LogP contribution in [0, 0.1) is 0 Å². The lowest BCUT2D eigenvalue weighted by Crippen LogP contribution is -2.31. The van der Waals surface area contributed by atoms with E-state index < -0.39 is 10.0 Å². The molecule has 4 rings (SSSR count). The SMILES string of the molecule is CNS(=O)(=O)c1cccc2c1[nH]c1ncnc(NN3CCCC3=O)c12.O=CO. The van der Waals surface area contributed by atoms with Crippen LogP contribution in [0.2, 0.25) is 0 Å². The molecule has 2 aromatic heterocycles. The lowest BCUT2D eigenvalue weighted by Gasteiger charge is -2.17. The van der Waals surface area contributed by atoms with Crippen LogP contribution in [0.25, 0.3) is 21.9 Å². The minimum atomic E-state index is -3.63. The van der Waals surface area contributed by atoms with Gasteiger partial charge in [-0.25, -0.2) is 23.1 Å². The van der Waals surface area contributed by atoms with Crippen molar-refractivity contribution < 1.29 is 23.1 Å². The summed E-state index contributed by atoms with van der Waals surface area (Å²) in [6.07, 6.45) is 2.66. The van der Waals surface area contributed by atoms with Crippen molar-refractivity contribution in [1.82, 2.24) is 24.7 Å². The molecule has 0 spiro atoms. The summed E-state index contributed by atoms with van der Waals surface area (Å²) < 4.78 is 26.8. The Kier molecular flexibility index (Phi) is 5.42. The summed E-state index contributed by atoms with van der Waals surface area (Å²) in [7, 11) is -2.27. The first kappa shape index (κ1) is 19.5. The van der Waals surface area contributed by atoms with E-state index in [1.165, 1.54) is 24.5 Å². The second kappa shape index (κ2) is 7.78. The van der Waals surface area contributed by atoms with Crippen molar-refractivity contribution in [1.29, 1.82) is 0 Å². The third-order valence-electron chi connectivity index (χ3n) is 4.26. The predicted molar refractivity (Wildman–Crippen MR) is 101 cm³/mol. The van der Waals surface area contributed by atoms with Crippen molar-refractivity contribution in [2.75, 3.05) is 19.0 Å². The Morgan fingerprint density at radius 3 is 2.71 bits per heavy atom. The number of hydrogen-bond donors (Lipinski definition) is 4. The number of aromatic amines is 1. The Bertz CT molecular complexity index is 1140. The number of nitrogens with one attached hydrogen (secondary N) is 3. The lowest BCUT2D eigenvalue weighted by molar-refractivity contribution is -0.126. The topological polar surface area (TPSA) is 157 Å². The Labute approximate surface area is 159 Å². The van der Waals surface area contributed by atoms with Gasteiger partial charge in [0.15, 0.2) is 5.82 Å². The number of carbonyl (C=O) groups is 2. The van der Waals surface area contributed by atoms with Gasteiger partial charge in [0, 0.05) is 18.4 Å². The fourth-order valence-corrected chi connectivity index (χ4v) is 3.94. The predicted octanol–water partition coefficient (Wildman–Crippen LogP) is 0.669. The molecule has 1 aliphatic rings. The Morgan fingerprint density at radius 2 is 2.07 bits per heavy atom. The second-order valence-electron chi connectivity index (χ2n) is 5.82. The summed E-state index contributed by atoms with van der Waals surface area (Å²) in [4.78, 5) is 31.8. The zero-order valence-corrected chi connectivity index (χ0v) is 15.7. The molecule has 0 unspecified atom stereocenters. The number of sulfonamides is 1. The molecule has 12 heteroatoms. The number of aromatic nitrogens is 3. The molecule has 1 aliphatic heterocycles. The van der Waals surface area contributed by atoms with Crippen LogP contribution in [0.15, 0.2) is 29.4 Å². The van der Waals surface area contributed by atoms with Gasteiger partial charge in [0.05, 0.1) is 10.9 Å². The van der Waals surface area contributed by atoms with Crippen LogP contribution < -0.4 is 10.1 Å². The number of hydrazine groups is 1. The third kappa shape index (κ3) is 3.46. The average molecular weight is 406 g/mol. The van der Waals surface area contributed by atoms with Crippen LogP contribution in [0.5, 0.6) is 0 Å². The van der Waals surface area contributed by atoms with E-state index in [9.17, 15) is 13.2 Å². The van der Waals surface area contributed by atoms with Gasteiger partial charge in [-0.3, -0.25) is 20.0 Å². The average Bonchev–Trinajstić information content (AvgIpc) is 3.26. The number of nitrogens with zero attached hydrogens (tertiary/aromatic N) is 3. The van der Waals surface area contributed by atoms with Gasteiger partial charge in [-0.05, 0) is 19.5 Å². The summed E-state index contributed by atoms with van der Waals surface area (Å²) in [5.74, 6) is 0.468. The molecule has 3 aromatic rings. The molecule has 4 N–H and O–H groups in total. The monoisotopic (exact) mass is 406 g/mol. The first-order valence-corrected chi connectivity index (χ1v) is 9.75. The molecule has 28 heavy (non-hydrogen) atoms. The maximum absolute atomic E-state index is 12.3. The second-order valence-corrected chi connectivity index (χ2v) is 7.68. The van der Waals surface area contributed by atoms with Gasteiger partial charge in [0.25, 0.3) is 6.47 Å². The molecule has 1 amide bonds. The summed E-state index contributed by atoms with van der Waals surface area (Å²) in [5.41, 5.74) is 3.98. The number of amides is 1. The van der Waals surface area contributed by atoms with Crippen molar-refractivity contribution in [2.45, 2.75) is 17.7 Å². The van der Waals surface area contributed by atoms with Gasteiger partial charge >= 0.3 is 0 Å². The van der Waals surface area contributed by atoms with Crippen LogP contribution >= 0.6 is 0 Å². The van der Waals surface area contributed by atoms with E-state index in [1.54, 1.807) is 12.1 Å². The van der Waals surface area contributed by atoms with E-state index in [-0.39, 0.29) is 17.3 Å². The van der Waals surface area contributed by atoms with Crippen LogP contribution in [-0.4, -0.2) is 59.5 Å². The molecule has 0 aliphatic carbocycles. The van der Waals surface area contributed by atoms with E-state index in [2.05, 4.69) is 25.1 Å². The van der Waals surface area contributed by atoms with Gasteiger partial charge < -0.3 is 10.1 Å². The zero-order valence-electron chi connectivity index (χ0n) is 14.8. The van der Waals surface area contributed by atoms with Crippen LogP contribution in [-0.2, 0) is 19.6 Å². The van der Waals surface area contributed by atoms with Crippen molar-refractivity contribution >= 4 is 50.2 Å². The largest absolute Gasteiger partial charge is 0.483 e. The molecule has 148 valence electrons. The Hall–Kier alpha value is -3.25. The summed E-state index contributed by atoms with van der Waals surface area (Å²) >= 11 is 0. The first-order valence-electron chi connectivity index (χ1n) is 8.26. The van der Waals surface area contributed by atoms with Gasteiger partial charge in [0.1, 0.15) is 16.9 Å². The lowest BCUT2D eigenvalue weighted by atomic mass is 10.2. The van der Waals surface area contributed by atoms with Gasteiger partial charge in [-0.1, -0.05) is 12.1 Å². The van der Waals surface area contributed by atoms with Gasteiger partial charge in [-0.2, -0.15) is 0 Å². The molecule has 0 bridgehead atoms. The van der Waals surface area contributed by atoms with E-state index in [0.29, 0.717) is 40.7 Å². The van der Waals surface area contributed by atoms with Crippen molar-refractivity contribution in [3.63, 3.8) is 0 Å². The number of benzene rings is 1. The molecule has 3 heterocycles. The van der Waals surface area contributed by atoms with Crippen molar-refractivity contribution in [2.24, 2.45) is 0 Å². The van der Waals surface area contributed by atoms with E-state index >= 15 is 0 Å². The molecule has 1 aromatic carbocycles. The first-order chi connectivity index (χ1) is 13.4. The summed E-state index contributed by atoms with van der Waals surface area (Å²) in [6.45, 7) is 0.353. The highest BCUT2D eigenvalue weighted by Crippen LogP contribution is 2.32. The number of fused-ring (bicyclic) bond motifs is 3. The maximum atomic E-state index is 12.3. The Balaban J connectivity index is 0.000000706. The van der Waals surface area contributed by atoms with Crippen LogP contribution in [0.1, 0.15) is 12.8 Å². The van der Waals surface area contributed by atoms with Crippen LogP contribution in [0.4, 0.5) is 5.82 Å². The molecule has 1 fully saturated rings. The van der Waals surface area contributed by atoms with E-state index in [4.69, 9.17) is 9.90 Å². The summed E-state index contributed by atoms with van der Waals surface area (Å²) in [5, 5.41) is 9.72. The van der Waals surface area contributed by atoms with E-state index in [1.807, 2.05) is 0 Å². The number of rotatable bonds is 4. The summed E-state index contributed by atoms with van der Waals surface area (Å²) in [6, 6.07) is 4.98. The molecule has 11 nitrogen and oxygen atoms in total. The molecule has 1 saturated heterocycles.